The highest BCUT2D eigenvalue weighted by molar-refractivity contribution is 7.92. The van der Waals surface area contributed by atoms with E-state index < -0.39 is 10.0 Å². The van der Waals surface area contributed by atoms with Gasteiger partial charge in [-0.05, 0) is 23.6 Å². The Hall–Kier alpha value is -3.06. The van der Waals surface area contributed by atoms with E-state index in [0.29, 0.717) is 6.61 Å². The van der Waals surface area contributed by atoms with Gasteiger partial charge in [0, 0.05) is 5.39 Å². The van der Waals surface area contributed by atoms with Crippen molar-refractivity contribution in [1.82, 2.24) is 5.32 Å². The number of anilines is 1. The molecule has 0 heterocycles. The van der Waals surface area contributed by atoms with Crippen LogP contribution in [0.3, 0.4) is 0 Å². The molecule has 3 aromatic carbocycles. The Labute approximate surface area is 158 Å². The van der Waals surface area contributed by atoms with Gasteiger partial charge < -0.3 is 10.1 Å². The number of para-hydroxylation sites is 1. The number of benzene rings is 3. The van der Waals surface area contributed by atoms with Crippen LogP contribution in [0.4, 0.5) is 5.69 Å². The summed E-state index contributed by atoms with van der Waals surface area (Å²) in [6.45, 7) is 0.580. The Bertz CT molecular complexity index is 1060. The molecule has 1 amide bonds. The van der Waals surface area contributed by atoms with Gasteiger partial charge in [0.25, 0.3) is 5.91 Å². The van der Waals surface area contributed by atoms with Crippen molar-refractivity contribution in [3.05, 3.63) is 72.3 Å². The van der Waals surface area contributed by atoms with Crippen LogP contribution in [-0.4, -0.2) is 33.7 Å². The van der Waals surface area contributed by atoms with Gasteiger partial charge in [0.1, 0.15) is 12.4 Å². The second kappa shape index (κ2) is 8.09. The lowest BCUT2D eigenvalue weighted by Crippen LogP contribution is -2.29. The lowest BCUT2D eigenvalue weighted by atomic mass is 10.1. The lowest BCUT2D eigenvalue weighted by Gasteiger charge is -2.12. The molecule has 0 aromatic heterocycles. The topological polar surface area (TPSA) is 84.5 Å². The summed E-state index contributed by atoms with van der Waals surface area (Å²) < 4.78 is 31.0. The molecule has 2 N–H and O–H groups in total. The Morgan fingerprint density at radius 1 is 0.963 bits per heavy atom. The fourth-order valence-corrected chi connectivity index (χ4v) is 3.29. The number of rotatable bonds is 7. The van der Waals surface area contributed by atoms with E-state index in [4.69, 9.17) is 4.74 Å². The van der Waals surface area contributed by atoms with Gasteiger partial charge in [-0.25, -0.2) is 8.42 Å². The summed E-state index contributed by atoms with van der Waals surface area (Å²) in [7, 11) is -3.47. The third-order valence-electron chi connectivity index (χ3n) is 3.86. The maximum Gasteiger partial charge on any atom is 0.253 e. The number of ether oxygens (including phenoxy) is 1. The van der Waals surface area contributed by atoms with Gasteiger partial charge >= 0.3 is 0 Å². The molecule has 140 valence electrons. The Kier molecular flexibility index (Phi) is 5.61. The summed E-state index contributed by atoms with van der Waals surface area (Å²) in [6, 6.07) is 20.2. The normalized spacial score (nSPS) is 11.1. The van der Waals surface area contributed by atoms with E-state index >= 15 is 0 Å². The van der Waals surface area contributed by atoms with Crippen molar-refractivity contribution in [2.24, 2.45) is 0 Å². The summed E-state index contributed by atoms with van der Waals surface area (Å²) in [5.74, 6) is 0.379. The molecule has 3 rings (SSSR count). The number of carbonyl (C=O) groups excluding carboxylic acids is 1. The fraction of sp³-hybridized carbons (Fsp3) is 0.150. The summed E-state index contributed by atoms with van der Waals surface area (Å²) in [4.78, 5) is 12.4. The third kappa shape index (κ3) is 4.98. The first kappa shape index (κ1) is 18.7. The molecule has 0 spiro atoms. The van der Waals surface area contributed by atoms with Crippen molar-refractivity contribution < 1.29 is 17.9 Å². The van der Waals surface area contributed by atoms with Crippen molar-refractivity contribution in [2.45, 2.75) is 0 Å². The molecular weight excluding hydrogens is 364 g/mol. The minimum atomic E-state index is -3.47. The van der Waals surface area contributed by atoms with Crippen LogP contribution in [0.25, 0.3) is 10.8 Å². The largest absolute Gasteiger partial charge is 0.491 e. The fourth-order valence-electron chi connectivity index (χ4n) is 2.71. The van der Waals surface area contributed by atoms with E-state index in [1.54, 1.807) is 24.3 Å². The van der Waals surface area contributed by atoms with E-state index in [2.05, 4.69) is 10.0 Å². The standard InChI is InChI=1S/C20H20N2O4S/c1-27(24,25)22-18-11-5-4-10-17(18)20(23)21-13-14-26-19-12-6-8-15-7-2-3-9-16(15)19/h2-12,22H,13-14H2,1H3,(H,21,23). The van der Waals surface area contributed by atoms with Crippen molar-refractivity contribution in [3.8, 4) is 5.75 Å². The number of nitrogens with one attached hydrogen (secondary N) is 2. The van der Waals surface area contributed by atoms with E-state index in [9.17, 15) is 13.2 Å². The van der Waals surface area contributed by atoms with Crippen LogP contribution in [0.1, 0.15) is 10.4 Å². The average molecular weight is 384 g/mol. The maximum atomic E-state index is 12.4. The highest BCUT2D eigenvalue weighted by atomic mass is 32.2. The molecule has 0 saturated carbocycles. The molecule has 0 radical (unpaired) electrons. The molecule has 3 aromatic rings. The minimum Gasteiger partial charge on any atom is -0.491 e. The first-order valence-corrected chi connectivity index (χ1v) is 10.3. The Balaban J connectivity index is 1.60. The molecule has 7 heteroatoms. The summed E-state index contributed by atoms with van der Waals surface area (Å²) in [6.07, 6.45) is 1.04. The minimum absolute atomic E-state index is 0.243. The van der Waals surface area contributed by atoms with E-state index in [-0.39, 0.29) is 23.7 Å². The molecule has 0 atom stereocenters. The molecule has 0 aliphatic rings. The summed E-state index contributed by atoms with van der Waals surface area (Å²) in [5, 5.41) is 4.84. The maximum absolute atomic E-state index is 12.4. The number of fused-ring (bicyclic) bond motifs is 1. The second-order valence-electron chi connectivity index (χ2n) is 6.00. The van der Waals surface area contributed by atoms with Crippen molar-refractivity contribution in [3.63, 3.8) is 0 Å². The summed E-state index contributed by atoms with van der Waals surface area (Å²) >= 11 is 0. The quantitative estimate of drug-likeness (QED) is 0.613. The molecule has 0 saturated heterocycles. The molecule has 6 nitrogen and oxygen atoms in total. The SMILES string of the molecule is CS(=O)(=O)Nc1ccccc1C(=O)NCCOc1cccc2ccccc12. The van der Waals surface area contributed by atoms with Crippen molar-refractivity contribution in [2.75, 3.05) is 24.1 Å². The van der Waals surface area contributed by atoms with Crippen LogP contribution >= 0.6 is 0 Å². The van der Waals surface area contributed by atoms with Crippen molar-refractivity contribution in [1.29, 1.82) is 0 Å². The molecule has 0 bridgehead atoms. The van der Waals surface area contributed by atoms with Crippen molar-refractivity contribution >= 4 is 32.4 Å². The summed E-state index contributed by atoms with van der Waals surface area (Å²) in [5.41, 5.74) is 0.501. The second-order valence-corrected chi connectivity index (χ2v) is 7.75. The number of amides is 1. The van der Waals surface area contributed by atoms with Crippen LogP contribution in [0.2, 0.25) is 0 Å². The zero-order valence-corrected chi connectivity index (χ0v) is 15.6. The van der Waals surface area contributed by atoms with Gasteiger partial charge in [-0.3, -0.25) is 9.52 Å². The van der Waals surface area contributed by atoms with Crippen LogP contribution < -0.4 is 14.8 Å². The number of hydrogen-bond acceptors (Lipinski definition) is 4. The highest BCUT2D eigenvalue weighted by Gasteiger charge is 2.13. The molecule has 27 heavy (non-hydrogen) atoms. The predicted octanol–water partition coefficient (Wildman–Crippen LogP) is 3.02. The first-order valence-electron chi connectivity index (χ1n) is 8.39. The van der Waals surface area contributed by atoms with E-state index in [1.165, 1.54) is 0 Å². The monoisotopic (exact) mass is 384 g/mol. The van der Waals surface area contributed by atoms with Crippen LogP contribution in [-0.2, 0) is 10.0 Å². The highest BCUT2D eigenvalue weighted by Crippen LogP contribution is 2.24. The van der Waals surface area contributed by atoms with Gasteiger partial charge in [-0.2, -0.15) is 0 Å². The van der Waals surface area contributed by atoms with Gasteiger partial charge in [0.15, 0.2) is 0 Å². The van der Waals surface area contributed by atoms with Crippen LogP contribution in [0.5, 0.6) is 5.75 Å². The zero-order chi connectivity index (χ0) is 19.3. The Morgan fingerprint density at radius 2 is 1.67 bits per heavy atom. The lowest BCUT2D eigenvalue weighted by molar-refractivity contribution is 0.0948. The van der Waals surface area contributed by atoms with Gasteiger partial charge in [0.2, 0.25) is 10.0 Å². The van der Waals surface area contributed by atoms with Crippen LogP contribution in [0.15, 0.2) is 66.7 Å². The molecule has 0 aliphatic carbocycles. The molecule has 0 fully saturated rings. The molecular formula is C20H20N2O4S. The van der Waals surface area contributed by atoms with E-state index in [0.717, 1.165) is 22.8 Å². The van der Waals surface area contributed by atoms with Gasteiger partial charge in [-0.1, -0.05) is 48.5 Å². The van der Waals surface area contributed by atoms with Crippen LogP contribution in [0, 0.1) is 0 Å². The first-order chi connectivity index (χ1) is 12.9. The predicted molar refractivity (Wildman–Crippen MR) is 107 cm³/mol. The molecule has 0 aliphatic heterocycles. The average Bonchev–Trinajstić information content (AvgIpc) is 2.64. The third-order valence-corrected chi connectivity index (χ3v) is 4.45. The smallest absolute Gasteiger partial charge is 0.253 e. The number of carbonyl (C=O) groups is 1. The number of hydrogen-bond donors (Lipinski definition) is 2. The zero-order valence-electron chi connectivity index (χ0n) is 14.8. The molecule has 0 unspecified atom stereocenters. The number of sulfonamides is 1. The van der Waals surface area contributed by atoms with Gasteiger partial charge in [0.05, 0.1) is 24.1 Å². The Morgan fingerprint density at radius 3 is 2.48 bits per heavy atom. The van der Waals surface area contributed by atoms with Gasteiger partial charge in [-0.15, -0.1) is 0 Å². The van der Waals surface area contributed by atoms with E-state index in [1.807, 2.05) is 42.5 Å².